The molecule has 138 valence electrons. The van der Waals surface area contributed by atoms with Crippen molar-refractivity contribution in [1.82, 2.24) is 0 Å². The predicted octanol–water partition coefficient (Wildman–Crippen LogP) is 4.27. The van der Waals surface area contributed by atoms with E-state index in [2.05, 4.69) is 66.5 Å². The fraction of sp³-hybridized carbons (Fsp3) is 0.455. The van der Waals surface area contributed by atoms with Crippen LogP contribution in [0.1, 0.15) is 31.0 Å². The third-order valence-electron chi connectivity index (χ3n) is 5.60. The molecule has 1 saturated heterocycles. The molecule has 2 aromatic rings. The molecule has 0 bridgehead atoms. The first kappa shape index (κ1) is 17.2. The van der Waals surface area contributed by atoms with Crippen LogP contribution in [0.2, 0.25) is 0 Å². The molecule has 0 amide bonds. The molecule has 2 aliphatic rings. The molecule has 4 heteroatoms. The highest BCUT2D eigenvalue weighted by molar-refractivity contribution is 5.60. The maximum atomic E-state index is 5.63. The van der Waals surface area contributed by atoms with Gasteiger partial charge >= 0.3 is 0 Å². The lowest BCUT2D eigenvalue weighted by Gasteiger charge is -2.42. The standard InChI is InChI=1S/C22H28N2O2/c1-22(2)15-16-6-4-5-7-20(16)23-21(22)17-12-18(14-19(13-17)25-3)24-8-10-26-11-9-24/h4-7,12-14,21,23H,8-11,15H2,1-3H3. The van der Waals surface area contributed by atoms with Gasteiger partial charge in [-0.3, -0.25) is 0 Å². The Bertz CT molecular complexity index is 781. The number of hydrogen-bond donors (Lipinski definition) is 1. The van der Waals surface area contributed by atoms with Gasteiger partial charge in [0.2, 0.25) is 0 Å². The van der Waals surface area contributed by atoms with E-state index in [9.17, 15) is 0 Å². The van der Waals surface area contributed by atoms with Gasteiger partial charge in [0.1, 0.15) is 5.75 Å². The molecule has 0 spiro atoms. The molecule has 4 rings (SSSR count). The van der Waals surface area contributed by atoms with Gasteiger partial charge in [0.15, 0.2) is 0 Å². The molecule has 2 aromatic carbocycles. The lowest BCUT2D eigenvalue weighted by Crippen LogP contribution is -2.37. The number of nitrogens with zero attached hydrogens (tertiary/aromatic N) is 1. The zero-order chi connectivity index (χ0) is 18.1. The van der Waals surface area contributed by atoms with Crippen molar-refractivity contribution in [3.05, 3.63) is 53.6 Å². The second kappa shape index (κ2) is 6.84. The summed E-state index contributed by atoms with van der Waals surface area (Å²) in [6.07, 6.45) is 1.06. The van der Waals surface area contributed by atoms with E-state index in [1.165, 1.54) is 22.5 Å². The molecule has 0 aromatic heterocycles. The van der Waals surface area contributed by atoms with E-state index in [-0.39, 0.29) is 11.5 Å². The quantitative estimate of drug-likeness (QED) is 0.894. The minimum atomic E-state index is 0.114. The Morgan fingerprint density at radius 1 is 1.12 bits per heavy atom. The number of morpholine rings is 1. The minimum Gasteiger partial charge on any atom is -0.497 e. The van der Waals surface area contributed by atoms with Crippen molar-refractivity contribution < 1.29 is 9.47 Å². The van der Waals surface area contributed by atoms with Crippen LogP contribution in [0.3, 0.4) is 0 Å². The number of ether oxygens (including phenoxy) is 2. The molecule has 2 heterocycles. The molecule has 1 N–H and O–H groups in total. The Morgan fingerprint density at radius 3 is 2.65 bits per heavy atom. The molecule has 0 radical (unpaired) electrons. The summed E-state index contributed by atoms with van der Waals surface area (Å²) in [6.45, 7) is 8.11. The molecule has 2 aliphatic heterocycles. The third-order valence-corrected chi connectivity index (χ3v) is 5.60. The van der Waals surface area contributed by atoms with Gasteiger partial charge in [-0.05, 0) is 41.2 Å². The fourth-order valence-electron chi connectivity index (χ4n) is 4.19. The summed E-state index contributed by atoms with van der Waals surface area (Å²) >= 11 is 0. The summed E-state index contributed by atoms with van der Waals surface area (Å²) in [7, 11) is 1.75. The van der Waals surface area contributed by atoms with E-state index in [1.807, 2.05) is 0 Å². The first-order valence-corrected chi connectivity index (χ1v) is 9.43. The van der Waals surface area contributed by atoms with Crippen LogP contribution < -0.4 is 15.0 Å². The van der Waals surface area contributed by atoms with E-state index >= 15 is 0 Å². The molecule has 0 saturated carbocycles. The van der Waals surface area contributed by atoms with Crippen LogP contribution in [-0.2, 0) is 11.2 Å². The Morgan fingerprint density at radius 2 is 1.88 bits per heavy atom. The number of fused-ring (bicyclic) bond motifs is 1. The normalized spacial score (nSPS) is 21.7. The van der Waals surface area contributed by atoms with Gasteiger partial charge in [-0.25, -0.2) is 0 Å². The second-order valence-corrected chi connectivity index (χ2v) is 7.96. The largest absolute Gasteiger partial charge is 0.497 e. The van der Waals surface area contributed by atoms with Crippen molar-refractivity contribution >= 4 is 11.4 Å². The number of anilines is 2. The molecular weight excluding hydrogens is 324 g/mol. The minimum absolute atomic E-state index is 0.114. The van der Waals surface area contributed by atoms with Crippen molar-refractivity contribution in [3.63, 3.8) is 0 Å². The predicted molar refractivity (Wildman–Crippen MR) is 106 cm³/mol. The monoisotopic (exact) mass is 352 g/mol. The number of benzene rings is 2. The highest BCUT2D eigenvalue weighted by Crippen LogP contribution is 2.46. The molecule has 26 heavy (non-hydrogen) atoms. The van der Waals surface area contributed by atoms with Crippen LogP contribution >= 0.6 is 0 Å². The van der Waals surface area contributed by atoms with Crippen molar-refractivity contribution in [2.24, 2.45) is 5.41 Å². The van der Waals surface area contributed by atoms with Crippen LogP contribution in [-0.4, -0.2) is 33.4 Å². The SMILES string of the molecule is COc1cc(C2Nc3ccccc3CC2(C)C)cc(N2CCOCC2)c1. The number of nitrogens with one attached hydrogen (secondary N) is 1. The third kappa shape index (κ3) is 3.26. The highest BCUT2D eigenvalue weighted by atomic mass is 16.5. The average Bonchev–Trinajstić information content (AvgIpc) is 2.67. The van der Waals surface area contributed by atoms with Crippen molar-refractivity contribution in [3.8, 4) is 5.75 Å². The van der Waals surface area contributed by atoms with Gasteiger partial charge in [0.25, 0.3) is 0 Å². The Balaban J connectivity index is 1.72. The summed E-state index contributed by atoms with van der Waals surface area (Å²) in [5.74, 6) is 0.917. The lowest BCUT2D eigenvalue weighted by molar-refractivity contribution is 0.122. The van der Waals surface area contributed by atoms with Gasteiger partial charge in [-0.2, -0.15) is 0 Å². The van der Waals surface area contributed by atoms with Crippen molar-refractivity contribution in [2.45, 2.75) is 26.3 Å². The van der Waals surface area contributed by atoms with Gasteiger partial charge < -0.3 is 19.7 Å². The molecular formula is C22H28N2O2. The van der Waals surface area contributed by atoms with Crippen LogP contribution in [0.15, 0.2) is 42.5 Å². The van der Waals surface area contributed by atoms with E-state index in [4.69, 9.17) is 9.47 Å². The summed E-state index contributed by atoms with van der Waals surface area (Å²) in [6, 6.07) is 15.5. The lowest BCUT2D eigenvalue weighted by atomic mass is 9.73. The summed E-state index contributed by atoms with van der Waals surface area (Å²) in [5.41, 5.74) is 5.25. The van der Waals surface area contributed by atoms with E-state index < -0.39 is 0 Å². The van der Waals surface area contributed by atoms with Crippen LogP contribution in [0.5, 0.6) is 5.75 Å². The van der Waals surface area contributed by atoms with Gasteiger partial charge in [-0.15, -0.1) is 0 Å². The molecule has 1 unspecified atom stereocenters. The fourth-order valence-corrected chi connectivity index (χ4v) is 4.19. The van der Waals surface area contributed by atoms with Crippen LogP contribution in [0, 0.1) is 5.41 Å². The summed E-state index contributed by atoms with van der Waals surface area (Å²) < 4.78 is 11.1. The van der Waals surface area contributed by atoms with Crippen LogP contribution in [0.25, 0.3) is 0 Å². The maximum Gasteiger partial charge on any atom is 0.121 e. The first-order valence-electron chi connectivity index (χ1n) is 9.43. The van der Waals surface area contributed by atoms with Gasteiger partial charge in [-0.1, -0.05) is 32.0 Å². The second-order valence-electron chi connectivity index (χ2n) is 7.96. The topological polar surface area (TPSA) is 33.7 Å². The van der Waals surface area contributed by atoms with Crippen LogP contribution in [0.4, 0.5) is 11.4 Å². The van der Waals surface area contributed by atoms with Crippen molar-refractivity contribution in [2.75, 3.05) is 43.6 Å². The highest BCUT2D eigenvalue weighted by Gasteiger charge is 2.36. The molecule has 4 nitrogen and oxygen atoms in total. The van der Waals surface area contributed by atoms with Gasteiger partial charge in [0, 0.05) is 30.5 Å². The Hall–Kier alpha value is -2.20. The Labute approximate surface area is 156 Å². The smallest absolute Gasteiger partial charge is 0.121 e. The average molecular weight is 352 g/mol. The number of hydrogen-bond acceptors (Lipinski definition) is 4. The summed E-state index contributed by atoms with van der Waals surface area (Å²) in [5, 5.41) is 3.79. The van der Waals surface area contributed by atoms with E-state index in [0.717, 1.165) is 38.5 Å². The van der Waals surface area contributed by atoms with Gasteiger partial charge in [0.05, 0.1) is 26.4 Å². The van der Waals surface area contributed by atoms with E-state index in [0.29, 0.717) is 0 Å². The number of rotatable bonds is 3. The summed E-state index contributed by atoms with van der Waals surface area (Å²) in [4.78, 5) is 2.39. The zero-order valence-corrected chi connectivity index (χ0v) is 15.9. The molecule has 1 fully saturated rings. The molecule has 1 atom stereocenters. The molecule has 0 aliphatic carbocycles. The number of para-hydroxylation sites is 1. The first-order chi connectivity index (χ1) is 12.6. The Kier molecular flexibility index (Phi) is 4.53. The zero-order valence-electron chi connectivity index (χ0n) is 15.9. The van der Waals surface area contributed by atoms with Crippen molar-refractivity contribution in [1.29, 1.82) is 0 Å². The number of methoxy groups -OCH3 is 1. The van der Waals surface area contributed by atoms with E-state index in [1.54, 1.807) is 7.11 Å². The maximum absolute atomic E-state index is 5.63.